The summed E-state index contributed by atoms with van der Waals surface area (Å²) in [4.78, 5) is 96.3. The number of urea groups is 1. The zero-order valence-electron chi connectivity index (χ0n) is 29.3. The summed E-state index contributed by atoms with van der Waals surface area (Å²) in [5.74, 6) is -5.92. The molecule has 18 heteroatoms. The summed E-state index contributed by atoms with van der Waals surface area (Å²) in [5.41, 5.74) is -0.308. The number of hydrogen-bond acceptors (Lipinski definition) is 12. The van der Waals surface area contributed by atoms with E-state index in [0.717, 1.165) is 0 Å². The minimum Gasteiger partial charge on any atom is -0.481 e. The van der Waals surface area contributed by atoms with Crippen LogP contribution < -0.4 is 30.2 Å². The number of carboxylic acids is 3. The van der Waals surface area contributed by atoms with Crippen LogP contribution in [0.3, 0.4) is 0 Å². The largest absolute Gasteiger partial charge is 0.481 e. The van der Waals surface area contributed by atoms with Gasteiger partial charge in [-0.1, -0.05) is 0 Å². The van der Waals surface area contributed by atoms with Gasteiger partial charge in [-0.15, -0.1) is 0 Å². The van der Waals surface area contributed by atoms with Crippen molar-refractivity contribution in [3.63, 3.8) is 0 Å². The predicted octanol–water partition coefficient (Wildman–Crippen LogP) is 3.08. The number of ether oxygens (including phenoxy) is 4. The van der Waals surface area contributed by atoms with Crippen molar-refractivity contribution in [1.82, 2.24) is 16.0 Å². The fourth-order valence-electron chi connectivity index (χ4n) is 6.20. The molecule has 0 bridgehead atoms. The molecule has 2 atom stereocenters. The predicted molar refractivity (Wildman–Crippen MR) is 185 cm³/mol. The molecule has 3 aromatic carbocycles. The molecule has 0 radical (unpaired) electrons. The van der Waals surface area contributed by atoms with Crippen LogP contribution in [0.25, 0.3) is 0 Å². The maximum atomic E-state index is 13.4. The number of unbranched alkanes of at least 4 members (excludes halogenated alkanes) is 1. The maximum Gasteiger partial charge on any atom is 0.340 e. The summed E-state index contributed by atoms with van der Waals surface area (Å²) in [6.07, 6.45) is -0.520. The zero-order chi connectivity index (χ0) is 40.0. The van der Waals surface area contributed by atoms with Gasteiger partial charge in [0.1, 0.15) is 35.1 Å². The van der Waals surface area contributed by atoms with E-state index in [1.165, 1.54) is 56.3 Å². The van der Waals surface area contributed by atoms with Crippen molar-refractivity contribution >= 4 is 47.8 Å². The summed E-state index contributed by atoms with van der Waals surface area (Å²) in [6.45, 7) is 2.54. The molecule has 0 aromatic heterocycles. The molecular formula is C37H35N3O15. The second-order valence-electron chi connectivity index (χ2n) is 12.5. The second kappa shape index (κ2) is 16.4. The molecule has 2 aliphatic rings. The van der Waals surface area contributed by atoms with Crippen LogP contribution in [0.4, 0.5) is 4.79 Å². The molecule has 5 rings (SSSR count). The lowest BCUT2D eigenvalue weighted by molar-refractivity contribution is -0.141. The zero-order valence-corrected chi connectivity index (χ0v) is 29.3. The Morgan fingerprint density at radius 3 is 1.82 bits per heavy atom. The number of amides is 3. The highest BCUT2D eigenvalue weighted by atomic mass is 16.6. The van der Waals surface area contributed by atoms with Gasteiger partial charge in [0, 0.05) is 61.2 Å². The first kappa shape index (κ1) is 39.2. The minimum absolute atomic E-state index is 0.0778. The third-order valence-electron chi connectivity index (χ3n) is 8.59. The number of esters is 3. The molecular weight excluding hydrogens is 726 g/mol. The molecule has 0 fully saturated rings. The average molecular weight is 762 g/mol. The van der Waals surface area contributed by atoms with Crippen LogP contribution in [0.15, 0.2) is 54.6 Å². The Bertz CT molecular complexity index is 2030. The molecule has 0 saturated carbocycles. The van der Waals surface area contributed by atoms with E-state index in [4.69, 9.17) is 24.1 Å². The normalized spacial score (nSPS) is 14.0. The standard InChI is InChI=1S/C37H35N3O15/c1-18(41)52-21-7-10-24-29(16-21)54-30-17-22(53-19(2)42)8-11-25(30)37(24)26-15-20(6-9-23(26)35(50)55-37)32(45)38-14-4-3-5-27(33(46)47)39-36(51)40-28(34(48)49)12-13-31(43)44/h6-11,15-17,27-28H,3-5,12-14H2,1-2H3,(H,38,45)(H,43,44)(H,46,47)(H,48,49)(H2,39,40,51)/t27-,28+/m1/s1. The molecule has 55 heavy (non-hydrogen) atoms. The van der Waals surface area contributed by atoms with Crippen molar-refractivity contribution in [3.05, 3.63) is 82.4 Å². The lowest BCUT2D eigenvalue weighted by Gasteiger charge is -2.36. The lowest BCUT2D eigenvalue weighted by atomic mass is 9.77. The first-order valence-corrected chi connectivity index (χ1v) is 16.8. The van der Waals surface area contributed by atoms with Gasteiger partial charge in [0.05, 0.1) is 5.56 Å². The van der Waals surface area contributed by atoms with E-state index in [2.05, 4.69) is 16.0 Å². The Kier molecular flexibility index (Phi) is 11.7. The number of nitrogens with one attached hydrogen (secondary N) is 3. The number of hydrogen-bond donors (Lipinski definition) is 6. The van der Waals surface area contributed by atoms with Gasteiger partial charge >= 0.3 is 41.8 Å². The van der Waals surface area contributed by atoms with Crippen molar-refractivity contribution in [2.24, 2.45) is 0 Å². The van der Waals surface area contributed by atoms with Crippen LogP contribution in [0.1, 0.15) is 83.4 Å². The van der Waals surface area contributed by atoms with E-state index >= 15 is 0 Å². The molecule has 2 heterocycles. The van der Waals surface area contributed by atoms with E-state index in [-0.39, 0.29) is 59.9 Å². The Balaban J connectivity index is 1.31. The number of aliphatic carboxylic acids is 3. The molecule has 1 spiro atoms. The Morgan fingerprint density at radius 1 is 0.727 bits per heavy atom. The van der Waals surface area contributed by atoms with E-state index in [1.807, 2.05) is 0 Å². The molecule has 0 unspecified atom stereocenters. The van der Waals surface area contributed by atoms with Crippen LogP contribution >= 0.6 is 0 Å². The summed E-state index contributed by atoms with van der Waals surface area (Å²) < 4.78 is 22.7. The average Bonchev–Trinajstić information content (AvgIpc) is 3.39. The van der Waals surface area contributed by atoms with Gasteiger partial charge in [0.2, 0.25) is 0 Å². The van der Waals surface area contributed by atoms with Gasteiger partial charge in [-0.3, -0.25) is 19.2 Å². The van der Waals surface area contributed by atoms with Gasteiger partial charge < -0.3 is 50.2 Å². The third kappa shape index (κ3) is 8.81. The van der Waals surface area contributed by atoms with Crippen LogP contribution in [-0.4, -0.2) is 81.7 Å². The van der Waals surface area contributed by atoms with Crippen molar-refractivity contribution in [1.29, 1.82) is 0 Å². The number of rotatable bonds is 15. The first-order valence-electron chi connectivity index (χ1n) is 16.8. The van der Waals surface area contributed by atoms with Crippen LogP contribution in [0.5, 0.6) is 23.0 Å². The summed E-state index contributed by atoms with van der Waals surface area (Å²) in [7, 11) is 0. The molecule has 288 valence electrons. The van der Waals surface area contributed by atoms with Crippen molar-refractivity contribution in [2.45, 2.75) is 63.6 Å². The Morgan fingerprint density at radius 2 is 1.29 bits per heavy atom. The second-order valence-corrected chi connectivity index (χ2v) is 12.5. The van der Waals surface area contributed by atoms with E-state index in [9.17, 15) is 48.6 Å². The van der Waals surface area contributed by atoms with Gasteiger partial charge in [-0.05, 0) is 68.1 Å². The van der Waals surface area contributed by atoms with Crippen molar-refractivity contribution < 1.29 is 72.6 Å². The topological polar surface area (TPSA) is 270 Å². The number of fused-ring (bicyclic) bond motifs is 6. The van der Waals surface area contributed by atoms with Crippen molar-refractivity contribution in [2.75, 3.05) is 6.54 Å². The van der Waals surface area contributed by atoms with Crippen LogP contribution in [0.2, 0.25) is 0 Å². The van der Waals surface area contributed by atoms with Gasteiger partial charge in [-0.25, -0.2) is 19.2 Å². The van der Waals surface area contributed by atoms with Crippen molar-refractivity contribution in [3.8, 4) is 23.0 Å². The molecule has 0 saturated heterocycles. The monoisotopic (exact) mass is 761 g/mol. The molecule has 3 amide bonds. The maximum absolute atomic E-state index is 13.4. The highest BCUT2D eigenvalue weighted by Gasteiger charge is 2.54. The highest BCUT2D eigenvalue weighted by molar-refractivity contribution is 6.00. The van der Waals surface area contributed by atoms with Crippen LogP contribution in [-0.2, 0) is 34.3 Å². The quantitative estimate of drug-likeness (QED) is 0.0738. The van der Waals surface area contributed by atoms with Gasteiger partial charge in [0.15, 0.2) is 5.60 Å². The molecule has 0 aliphatic carbocycles. The lowest BCUT2D eigenvalue weighted by Crippen LogP contribution is -2.51. The Labute approximate surface area is 311 Å². The molecule has 2 aliphatic heterocycles. The van der Waals surface area contributed by atoms with Gasteiger partial charge in [-0.2, -0.15) is 0 Å². The van der Waals surface area contributed by atoms with E-state index in [1.54, 1.807) is 12.1 Å². The van der Waals surface area contributed by atoms with E-state index in [0.29, 0.717) is 16.7 Å². The summed E-state index contributed by atoms with van der Waals surface area (Å²) in [6, 6.07) is 9.34. The van der Waals surface area contributed by atoms with E-state index < -0.39 is 78.3 Å². The van der Waals surface area contributed by atoms with Gasteiger partial charge in [0.25, 0.3) is 5.91 Å². The Hall–Kier alpha value is -6.98. The highest BCUT2D eigenvalue weighted by Crippen LogP contribution is 2.57. The SMILES string of the molecule is CC(=O)Oc1ccc2c(c1)Oc1cc(OC(C)=O)ccc1C21OC(=O)c2ccc(C(=O)NCCCC[C@@H](NC(=O)N[C@@H](CCC(=O)O)C(=O)O)C(=O)O)cc21. The van der Waals surface area contributed by atoms with Crippen LogP contribution in [0, 0.1) is 0 Å². The number of carbonyl (C=O) groups is 8. The number of carboxylic acid groups (broad SMARTS) is 3. The molecule has 18 nitrogen and oxygen atoms in total. The first-order chi connectivity index (χ1) is 26.1. The fraction of sp³-hybridized carbons (Fsp3) is 0.297. The fourth-order valence-corrected chi connectivity index (χ4v) is 6.20. The summed E-state index contributed by atoms with van der Waals surface area (Å²) >= 11 is 0. The molecule has 6 N–H and O–H groups in total. The summed E-state index contributed by atoms with van der Waals surface area (Å²) in [5, 5.41) is 34.6. The molecule has 3 aromatic rings. The smallest absolute Gasteiger partial charge is 0.340 e. The number of carbonyl (C=O) groups excluding carboxylic acids is 5. The third-order valence-corrected chi connectivity index (χ3v) is 8.59. The number of benzene rings is 3. The minimum atomic E-state index is -1.64.